The molecule has 1 amide bonds. The van der Waals surface area contributed by atoms with Crippen LogP contribution in [-0.4, -0.2) is 19.0 Å². The molecule has 0 aliphatic heterocycles. The summed E-state index contributed by atoms with van der Waals surface area (Å²) in [5, 5.41) is 12.6. The van der Waals surface area contributed by atoms with Gasteiger partial charge in [-0.05, 0) is 43.6 Å². The molecule has 3 atom stereocenters. The number of ether oxygens (including phenoxy) is 1. The van der Waals surface area contributed by atoms with E-state index >= 15 is 0 Å². The molecule has 1 aromatic heterocycles. The minimum Gasteiger partial charge on any atom is -0.465 e. The summed E-state index contributed by atoms with van der Waals surface area (Å²) in [5.41, 5.74) is 0.935. The quantitative estimate of drug-likeness (QED) is 0.869. The second-order valence-corrected chi connectivity index (χ2v) is 7.15. The van der Waals surface area contributed by atoms with Crippen molar-refractivity contribution >= 4 is 28.2 Å². The number of rotatable bonds is 3. The zero-order valence-corrected chi connectivity index (χ0v) is 13.5. The van der Waals surface area contributed by atoms with Crippen molar-refractivity contribution in [2.24, 2.45) is 17.8 Å². The normalized spacial score (nSPS) is 25.8. The smallest absolute Gasteiger partial charge is 0.348 e. The molecule has 0 saturated heterocycles. The molecule has 2 fully saturated rings. The maximum atomic E-state index is 12.5. The fourth-order valence-electron chi connectivity index (χ4n) is 3.79. The second kappa shape index (κ2) is 5.73. The lowest BCUT2D eigenvalue weighted by atomic mass is 9.88. The van der Waals surface area contributed by atoms with E-state index in [2.05, 4.69) is 11.4 Å². The third-order valence-electron chi connectivity index (χ3n) is 4.94. The standard InChI is InChI=1S/C16H18N2O3S/c1-8-12(7-17)15(22-13(8)16(20)21-2)18-14(19)11-6-9-3-4-10(11)5-9/h9-11H,3-6H2,1-2H3,(H,18,19)/t9-,10+,11-/m0/s1. The average molecular weight is 318 g/mol. The number of hydrogen-bond donors (Lipinski definition) is 1. The van der Waals surface area contributed by atoms with Crippen molar-refractivity contribution < 1.29 is 14.3 Å². The van der Waals surface area contributed by atoms with Crippen molar-refractivity contribution in [1.82, 2.24) is 0 Å². The lowest BCUT2D eigenvalue weighted by molar-refractivity contribution is -0.121. The van der Waals surface area contributed by atoms with Crippen molar-refractivity contribution in [3.63, 3.8) is 0 Å². The Bertz CT molecular complexity index is 674. The van der Waals surface area contributed by atoms with Crippen molar-refractivity contribution in [1.29, 1.82) is 5.26 Å². The van der Waals surface area contributed by atoms with Gasteiger partial charge in [0.2, 0.25) is 5.91 Å². The zero-order valence-electron chi connectivity index (χ0n) is 12.6. The van der Waals surface area contributed by atoms with Crippen LogP contribution >= 0.6 is 11.3 Å². The van der Waals surface area contributed by atoms with Gasteiger partial charge in [-0.15, -0.1) is 11.3 Å². The Morgan fingerprint density at radius 2 is 2.14 bits per heavy atom. The Kier molecular flexibility index (Phi) is 3.92. The number of nitriles is 1. The molecule has 6 heteroatoms. The predicted molar refractivity (Wildman–Crippen MR) is 82.7 cm³/mol. The molecule has 22 heavy (non-hydrogen) atoms. The van der Waals surface area contributed by atoms with E-state index in [1.54, 1.807) is 6.92 Å². The topological polar surface area (TPSA) is 79.2 Å². The van der Waals surface area contributed by atoms with Crippen molar-refractivity contribution in [3.8, 4) is 6.07 Å². The number of carbonyl (C=O) groups is 2. The van der Waals surface area contributed by atoms with Gasteiger partial charge >= 0.3 is 5.97 Å². The van der Waals surface area contributed by atoms with Crippen LogP contribution in [0.3, 0.4) is 0 Å². The summed E-state index contributed by atoms with van der Waals surface area (Å²) in [6.07, 6.45) is 4.47. The minimum absolute atomic E-state index is 0.0126. The molecule has 0 unspecified atom stereocenters. The number of fused-ring (bicyclic) bond motifs is 2. The van der Waals surface area contributed by atoms with Crippen LogP contribution in [0.2, 0.25) is 0 Å². The van der Waals surface area contributed by atoms with E-state index in [9.17, 15) is 14.9 Å². The molecule has 0 aromatic carbocycles. The van der Waals surface area contributed by atoms with Crippen molar-refractivity contribution in [2.75, 3.05) is 12.4 Å². The SMILES string of the molecule is COC(=O)c1sc(NC(=O)[C@H]2C[C@H]3CC[C@@H]2C3)c(C#N)c1C. The molecule has 116 valence electrons. The largest absolute Gasteiger partial charge is 0.465 e. The number of esters is 1. The molecule has 1 heterocycles. The highest BCUT2D eigenvalue weighted by Crippen LogP contribution is 2.48. The number of hydrogen-bond acceptors (Lipinski definition) is 5. The third-order valence-corrected chi connectivity index (χ3v) is 6.13. The van der Waals surface area contributed by atoms with E-state index in [-0.39, 0.29) is 11.8 Å². The van der Waals surface area contributed by atoms with E-state index in [0.29, 0.717) is 32.8 Å². The van der Waals surface area contributed by atoms with Crippen LogP contribution in [0.1, 0.15) is 46.5 Å². The van der Waals surface area contributed by atoms with Gasteiger partial charge in [-0.3, -0.25) is 4.79 Å². The first-order valence-corrected chi connectivity index (χ1v) is 8.29. The fourth-order valence-corrected chi connectivity index (χ4v) is 4.87. The number of nitrogens with zero attached hydrogens (tertiary/aromatic N) is 1. The fraction of sp³-hybridized carbons (Fsp3) is 0.562. The molecule has 2 aliphatic carbocycles. The molecule has 1 N–H and O–H groups in total. The number of carbonyl (C=O) groups excluding carboxylic acids is 2. The Hall–Kier alpha value is -1.87. The highest BCUT2D eigenvalue weighted by atomic mass is 32.1. The highest BCUT2D eigenvalue weighted by Gasteiger charge is 2.43. The number of amides is 1. The van der Waals surface area contributed by atoms with Gasteiger partial charge < -0.3 is 10.1 Å². The Balaban J connectivity index is 1.81. The highest BCUT2D eigenvalue weighted by molar-refractivity contribution is 7.18. The second-order valence-electron chi connectivity index (χ2n) is 6.13. The van der Waals surface area contributed by atoms with E-state index < -0.39 is 5.97 Å². The van der Waals surface area contributed by atoms with Gasteiger partial charge in [0, 0.05) is 5.92 Å². The van der Waals surface area contributed by atoms with Crippen LogP contribution in [0.15, 0.2) is 0 Å². The van der Waals surface area contributed by atoms with Gasteiger partial charge in [0.05, 0.1) is 12.7 Å². The van der Waals surface area contributed by atoms with Crippen LogP contribution in [0.25, 0.3) is 0 Å². The number of anilines is 1. The first-order valence-electron chi connectivity index (χ1n) is 7.47. The van der Waals surface area contributed by atoms with E-state index in [4.69, 9.17) is 4.74 Å². The minimum atomic E-state index is -0.473. The van der Waals surface area contributed by atoms with E-state index in [0.717, 1.165) is 30.6 Å². The first-order chi connectivity index (χ1) is 10.5. The van der Waals surface area contributed by atoms with Gasteiger partial charge in [-0.2, -0.15) is 5.26 Å². The molecule has 0 radical (unpaired) electrons. The van der Waals surface area contributed by atoms with Crippen LogP contribution in [0, 0.1) is 36.0 Å². The molecule has 2 bridgehead atoms. The summed E-state index contributed by atoms with van der Waals surface area (Å²) in [6.45, 7) is 1.70. The monoisotopic (exact) mass is 318 g/mol. The molecular weight excluding hydrogens is 300 g/mol. The summed E-state index contributed by atoms with van der Waals surface area (Å²) >= 11 is 1.12. The summed E-state index contributed by atoms with van der Waals surface area (Å²) in [5.74, 6) is 0.735. The number of thiophene rings is 1. The third kappa shape index (κ3) is 2.40. The van der Waals surface area contributed by atoms with Crippen molar-refractivity contribution in [2.45, 2.75) is 32.6 Å². The molecule has 3 rings (SSSR count). The van der Waals surface area contributed by atoms with Crippen LogP contribution < -0.4 is 5.32 Å². The molecule has 1 aromatic rings. The van der Waals surface area contributed by atoms with Crippen LogP contribution in [0.5, 0.6) is 0 Å². The van der Waals surface area contributed by atoms with Crippen LogP contribution in [-0.2, 0) is 9.53 Å². The lowest BCUT2D eigenvalue weighted by Crippen LogP contribution is -2.27. The van der Waals surface area contributed by atoms with Crippen molar-refractivity contribution in [3.05, 3.63) is 16.0 Å². The summed E-state index contributed by atoms with van der Waals surface area (Å²) in [6, 6.07) is 2.08. The van der Waals surface area contributed by atoms with Gasteiger partial charge in [0.1, 0.15) is 15.9 Å². The maximum absolute atomic E-state index is 12.5. The van der Waals surface area contributed by atoms with Gasteiger partial charge in [-0.1, -0.05) is 6.42 Å². The van der Waals surface area contributed by atoms with Gasteiger partial charge in [0.25, 0.3) is 0 Å². The zero-order chi connectivity index (χ0) is 15.9. The molecule has 2 saturated carbocycles. The maximum Gasteiger partial charge on any atom is 0.348 e. The predicted octanol–water partition coefficient (Wildman–Crippen LogP) is 3.09. The Morgan fingerprint density at radius 3 is 2.68 bits per heavy atom. The summed E-state index contributed by atoms with van der Waals surface area (Å²) in [7, 11) is 1.31. The van der Waals surface area contributed by atoms with Gasteiger partial charge in [-0.25, -0.2) is 4.79 Å². The molecular formula is C16H18N2O3S. The van der Waals surface area contributed by atoms with E-state index in [1.807, 2.05) is 0 Å². The Morgan fingerprint density at radius 1 is 1.36 bits per heavy atom. The average Bonchev–Trinajstić information content (AvgIpc) is 3.21. The molecule has 2 aliphatic rings. The van der Waals surface area contributed by atoms with Gasteiger partial charge in [0.15, 0.2) is 0 Å². The number of nitrogens with one attached hydrogen (secondary N) is 1. The lowest BCUT2D eigenvalue weighted by Gasteiger charge is -2.20. The summed E-state index contributed by atoms with van der Waals surface area (Å²) in [4.78, 5) is 24.6. The summed E-state index contributed by atoms with van der Waals surface area (Å²) < 4.78 is 4.72. The number of methoxy groups -OCH3 is 1. The van der Waals surface area contributed by atoms with Crippen LogP contribution in [0.4, 0.5) is 5.00 Å². The molecule has 0 spiro atoms. The molecule has 5 nitrogen and oxygen atoms in total. The van der Waals surface area contributed by atoms with E-state index in [1.165, 1.54) is 13.5 Å². The first kappa shape index (κ1) is 15.0. The Labute approximate surface area is 133 Å².